The highest BCUT2D eigenvalue weighted by Crippen LogP contribution is 1.99. The normalized spacial score (nSPS) is 10.1. The summed E-state index contributed by atoms with van der Waals surface area (Å²) in [6.45, 7) is 2.74. The second-order valence-electron chi connectivity index (χ2n) is 1.61. The van der Waals surface area contributed by atoms with Crippen LogP contribution in [0.4, 0.5) is 0 Å². The Labute approximate surface area is 51.5 Å². The molecule has 0 amide bonds. The molecule has 48 valence electrons. The maximum Gasteiger partial charge on any atom is 0.327 e. The first-order chi connectivity index (χ1) is 3.91. The van der Waals surface area contributed by atoms with Gasteiger partial charge in [-0.05, 0) is 6.42 Å². The largest absolute Gasteiger partial charge is 0.327 e. The van der Waals surface area contributed by atoms with Crippen molar-refractivity contribution in [3.8, 4) is 0 Å². The third-order valence-corrected chi connectivity index (χ3v) is 1.18. The number of hydrogen-bond donors (Lipinski definition) is 0. The predicted octanol–water partition coefficient (Wildman–Crippen LogP) is 2.40. The van der Waals surface area contributed by atoms with Gasteiger partial charge in [-0.25, -0.2) is 4.57 Å². The fourth-order valence-corrected chi connectivity index (χ4v) is 0.658. The van der Waals surface area contributed by atoms with E-state index in [0.717, 1.165) is 12.8 Å². The fourth-order valence-electron chi connectivity index (χ4n) is 0.454. The first kappa shape index (κ1) is 8.06. The third-order valence-electron chi connectivity index (χ3n) is 0.892. The molecule has 0 fully saturated rings. The zero-order valence-electron chi connectivity index (χ0n) is 5.09. The summed E-state index contributed by atoms with van der Waals surface area (Å²) in [4.78, 5) is 0. The maximum atomic E-state index is 9.64. The molecule has 3 heteroatoms. The Morgan fingerprint density at radius 3 is 2.75 bits per heavy atom. The molecule has 0 aliphatic heterocycles. The molecule has 0 spiro atoms. The molecule has 0 saturated carbocycles. The molecule has 0 aromatic heterocycles. The molecule has 0 N–H and O–H groups in total. The van der Waals surface area contributed by atoms with Crippen LogP contribution in [0, 0.1) is 0 Å². The van der Waals surface area contributed by atoms with Crippen LogP contribution in [0.25, 0.3) is 0 Å². The van der Waals surface area contributed by atoms with Crippen LogP contribution in [0.5, 0.6) is 0 Å². The summed E-state index contributed by atoms with van der Waals surface area (Å²) in [5.41, 5.74) is 0. The molecule has 0 aliphatic carbocycles. The molecule has 0 atom stereocenters. The van der Waals surface area contributed by atoms with Gasteiger partial charge in [0.15, 0.2) is 0 Å². The zero-order valence-corrected chi connectivity index (χ0v) is 5.99. The second-order valence-corrected chi connectivity index (χ2v) is 2.02. The van der Waals surface area contributed by atoms with Crippen LogP contribution < -0.4 is 0 Å². The quantitative estimate of drug-likeness (QED) is 0.426. The van der Waals surface area contributed by atoms with Crippen LogP contribution in [0.15, 0.2) is 0 Å². The lowest BCUT2D eigenvalue weighted by Gasteiger charge is -1.90. The summed E-state index contributed by atoms with van der Waals surface area (Å²) in [7, 11) is -0.189. The molecule has 0 aromatic carbocycles. The Morgan fingerprint density at radius 2 is 2.25 bits per heavy atom. The van der Waals surface area contributed by atoms with E-state index in [-0.39, 0.29) is 8.69 Å². The smallest absolute Gasteiger partial charge is 0.294 e. The highest BCUT2D eigenvalue weighted by Gasteiger charge is 1.83. The van der Waals surface area contributed by atoms with Gasteiger partial charge in [0.1, 0.15) is 0 Å². The van der Waals surface area contributed by atoms with Gasteiger partial charge in [-0.15, -0.1) is 0 Å². The summed E-state index contributed by atoms with van der Waals surface area (Å²) >= 11 is 0. The van der Waals surface area contributed by atoms with Gasteiger partial charge in [0.05, 0.1) is 6.61 Å². The molecule has 0 radical (unpaired) electrons. The number of rotatable bonds is 5. The molecule has 0 aromatic rings. The van der Waals surface area contributed by atoms with Crippen LogP contribution >= 0.6 is 8.69 Å². The van der Waals surface area contributed by atoms with E-state index >= 15 is 0 Å². The lowest BCUT2D eigenvalue weighted by Crippen LogP contribution is -1.81. The van der Waals surface area contributed by atoms with Gasteiger partial charge >= 0.3 is 8.69 Å². The second kappa shape index (κ2) is 7.06. The maximum absolute atomic E-state index is 9.64. The van der Waals surface area contributed by atoms with E-state index in [2.05, 4.69) is 11.4 Å². The van der Waals surface area contributed by atoms with Crippen LogP contribution in [-0.4, -0.2) is 6.61 Å². The Bertz CT molecular complexity index is 56.4. The minimum absolute atomic E-state index is 0.189. The predicted molar refractivity (Wildman–Crippen MR) is 33.1 cm³/mol. The van der Waals surface area contributed by atoms with Crippen molar-refractivity contribution >= 4 is 8.69 Å². The highest BCUT2D eigenvalue weighted by atomic mass is 31.1. The average Bonchev–Trinajstić information content (AvgIpc) is 1.81. The molecule has 0 aliphatic rings. The lowest BCUT2D eigenvalue weighted by atomic mass is 10.3. The molecule has 0 bridgehead atoms. The van der Waals surface area contributed by atoms with Crippen LogP contribution in [0.3, 0.4) is 0 Å². The van der Waals surface area contributed by atoms with Crippen molar-refractivity contribution in [1.82, 2.24) is 0 Å². The molecule has 2 nitrogen and oxygen atoms in total. The summed E-state index contributed by atoms with van der Waals surface area (Å²) in [5, 5.41) is 0. The lowest BCUT2D eigenvalue weighted by molar-refractivity contribution is 0.330. The average molecular weight is 134 g/mol. The van der Waals surface area contributed by atoms with E-state index in [0.29, 0.717) is 6.61 Å². The molecule has 8 heavy (non-hydrogen) atoms. The van der Waals surface area contributed by atoms with Gasteiger partial charge in [-0.2, -0.15) is 0 Å². The van der Waals surface area contributed by atoms with Gasteiger partial charge in [-0.3, -0.25) is 4.52 Å². The molecule has 0 rings (SSSR count). The van der Waals surface area contributed by atoms with Crippen molar-refractivity contribution in [2.45, 2.75) is 26.2 Å². The van der Waals surface area contributed by atoms with Gasteiger partial charge in [0, 0.05) is 0 Å². The number of unbranched alkanes of at least 4 members (excludes halogenated alkanes) is 2. The Morgan fingerprint density at radius 1 is 1.50 bits per heavy atom. The summed E-state index contributed by atoms with van der Waals surface area (Å²) in [6, 6.07) is 0. The minimum Gasteiger partial charge on any atom is -0.294 e. The van der Waals surface area contributed by atoms with E-state index in [9.17, 15) is 4.57 Å². The van der Waals surface area contributed by atoms with E-state index < -0.39 is 0 Å². The SMILES string of the molecule is CCCCCOP=O. The van der Waals surface area contributed by atoms with E-state index in [1.54, 1.807) is 0 Å². The molecular formula is C5H11O2P. The van der Waals surface area contributed by atoms with Gasteiger partial charge < -0.3 is 0 Å². The summed E-state index contributed by atoms with van der Waals surface area (Å²) in [5.74, 6) is 0. The van der Waals surface area contributed by atoms with Crippen molar-refractivity contribution in [1.29, 1.82) is 0 Å². The number of hydrogen-bond acceptors (Lipinski definition) is 2. The van der Waals surface area contributed by atoms with Gasteiger partial charge in [0.25, 0.3) is 0 Å². The third kappa shape index (κ3) is 6.06. The Hall–Kier alpha value is 0.0600. The highest BCUT2D eigenvalue weighted by molar-refractivity contribution is 7.17. The molecule has 0 unspecified atom stereocenters. The van der Waals surface area contributed by atoms with E-state index in [1.807, 2.05) is 0 Å². The minimum atomic E-state index is -0.189. The summed E-state index contributed by atoms with van der Waals surface area (Å²) < 4.78 is 14.2. The van der Waals surface area contributed by atoms with E-state index in [1.165, 1.54) is 6.42 Å². The first-order valence-electron chi connectivity index (χ1n) is 2.86. The van der Waals surface area contributed by atoms with Crippen molar-refractivity contribution in [3.05, 3.63) is 0 Å². The van der Waals surface area contributed by atoms with Crippen LogP contribution in [-0.2, 0) is 9.09 Å². The topological polar surface area (TPSA) is 26.3 Å². The zero-order chi connectivity index (χ0) is 6.24. The van der Waals surface area contributed by atoms with E-state index in [4.69, 9.17) is 0 Å². The van der Waals surface area contributed by atoms with Crippen molar-refractivity contribution in [2.24, 2.45) is 0 Å². The monoisotopic (exact) mass is 134 g/mol. The fraction of sp³-hybridized carbons (Fsp3) is 1.00. The summed E-state index contributed by atoms with van der Waals surface area (Å²) in [6.07, 6.45) is 3.36. The molecule has 0 heterocycles. The molecule has 0 saturated heterocycles. The van der Waals surface area contributed by atoms with Gasteiger partial charge in [-0.1, -0.05) is 19.8 Å². The standard InChI is InChI=1S/C5H11O2P/c1-2-3-4-5-7-8-6/h2-5H2,1H3. The van der Waals surface area contributed by atoms with Crippen molar-refractivity contribution in [2.75, 3.05) is 6.61 Å². The Balaban J connectivity index is 2.62. The van der Waals surface area contributed by atoms with Crippen LogP contribution in [0.2, 0.25) is 0 Å². The van der Waals surface area contributed by atoms with Crippen molar-refractivity contribution < 1.29 is 9.09 Å². The van der Waals surface area contributed by atoms with Gasteiger partial charge in [0.2, 0.25) is 0 Å². The first-order valence-corrected chi connectivity index (χ1v) is 3.59. The molecular weight excluding hydrogens is 123 g/mol. The Kier molecular flexibility index (Phi) is 7.11. The van der Waals surface area contributed by atoms with Crippen molar-refractivity contribution in [3.63, 3.8) is 0 Å². The van der Waals surface area contributed by atoms with Crippen LogP contribution in [0.1, 0.15) is 26.2 Å².